The molecule has 0 aliphatic carbocycles. The highest BCUT2D eigenvalue weighted by molar-refractivity contribution is 5.78. The largest absolute Gasteiger partial charge is 0.471 e. The maximum absolute atomic E-state index is 13.5. The number of hydrogen-bond donors (Lipinski definition) is 0. The van der Waals surface area contributed by atoms with E-state index >= 15 is 0 Å². The average molecular weight is 406 g/mol. The minimum absolute atomic E-state index is 0.0633. The van der Waals surface area contributed by atoms with Crippen molar-refractivity contribution in [3.8, 4) is 34.5 Å². The van der Waals surface area contributed by atoms with Gasteiger partial charge >= 0.3 is 0 Å². The van der Waals surface area contributed by atoms with Crippen molar-refractivity contribution in [2.24, 2.45) is 0 Å². The van der Waals surface area contributed by atoms with Gasteiger partial charge in [-0.3, -0.25) is 0 Å². The molecular weight excluding hydrogens is 386 g/mol. The van der Waals surface area contributed by atoms with Gasteiger partial charge in [-0.05, 0) is 75.0 Å². The summed E-state index contributed by atoms with van der Waals surface area (Å²) < 4.78 is 33.0. The third kappa shape index (κ3) is 4.29. The van der Waals surface area contributed by atoms with Crippen LogP contribution in [0.1, 0.15) is 18.5 Å². The lowest BCUT2D eigenvalue weighted by Gasteiger charge is -2.29. The summed E-state index contributed by atoms with van der Waals surface area (Å²) in [6.07, 6.45) is 1.76. The molecule has 0 saturated carbocycles. The van der Waals surface area contributed by atoms with Crippen LogP contribution in [0.3, 0.4) is 0 Å². The van der Waals surface area contributed by atoms with Gasteiger partial charge in [0.1, 0.15) is 29.5 Å². The molecule has 1 aliphatic heterocycles. The van der Waals surface area contributed by atoms with Gasteiger partial charge in [-0.25, -0.2) is 18.7 Å². The highest BCUT2D eigenvalue weighted by atomic mass is 19.1. The van der Waals surface area contributed by atoms with Crippen LogP contribution < -0.4 is 4.74 Å². The molecule has 4 rings (SSSR count). The number of nitriles is 1. The van der Waals surface area contributed by atoms with E-state index in [-0.39, 0.29) is 29.3 Å². The summed E-state index contributed by atoms with van der Waals surface area (Å²) in [6.45, 7) is 1.74. The predicted molar refractivity (Wildman–Crippen MR) is 109 cm³/mol. The van der Waals surface area contributed by atoms with E-state index in [1.54, 1.807) is 24.3 Å². The van der Waals surface area contributed by atoms with Crippen LogP contribution in [0.25, 0.3) is 22.5 Å². The third-order valence-corrected chi connectivity index (χ3v) is 5.06. The molecule has 30 heavy (non-hydrogen) atoms. The fourth-order valence-electron chi connectivity index (χ4n) is 3.57. The molecule has 3 aromatic rings. The Kier molecular flexibility index (Phi) is 5.68. The van der Waals surface area contributed by atoms with Crippen molar-refractivity contribution in [3.63, 3.8) is 0 Å². The number of halogens is 2. The van der Waals surface area contributed by atoms with Gasteiger partial charge in [0.05, 0.1) is 5.69 Å². The lowest BCUT2D eigenvalue weighted by atomic mass is 10.0. The number of piperidine rings is 1. The molecule has 5 nitrogen and oxygen atoms in total. The molecule has 1 aromatic heterocycles. The van der Waals surface area contributed by atoms with E-state index < -0.39 is 0 Å². The lowest BCUT2D eigenvalue weighted by molar-refractivity contribution is 0.0994. The number of nitrogens with zero attached hydrogens (tertiary/aromatic N) is 4. The first-order chi connectivity index (χ1) is 14.5. The molecule has 1 fully saturated rings. The fourth-order valence-corrected chi connectivity index (χ4v) is 3.57. The third-order valence-electron chi connectivity index (χ3n) is 5.06. The molecule has 2 heterocycles. The molecule has 1 saturated heterocycles. The van der Waals surface area contributed by atoms with Crippen LogP contribution in [0, 0.1) is 23.0 Å². The monoisotopic (exact) mass is 406 g/mol. The van der Waals surface area contributed by atoms with Gasteiger partial charge in [-0.1, -0.05) is 0 Å². The number of hydrogen-bond acceptors (Lipinski definition) is 5. The summed E-state index contributed by atoms with van der Waals surface area (Å²) in [4.78, 5) is 11.3. The second-order valence-corrected chi connectivity index (χ2v) is 7.34. The van der Waals surface area contributed by atoms with E-state index in [9.17, 15) is 14.0 Å². The minimum Gasteiger partial charge on any atom is -0.471 e. The summed E-state index contributed by atoms with van der Waals surface area (Å²) >= 11 is 0. The van der Waals surface area contributed by atoms with Crippen molar-refractivity contribution in [2.75, 3.05) is 20.1 Å². The van der Waals surface area contributed by atoms with Crippen LogP contribution in [0.2, 0.25) is 0 Å². The van der Waals surface area contributed by atoms with Crippen LogP contribution in [0.5, 0.6) is 5.88 Å². The second kappa shape index (κ2) is 8.56. The van der Waals surface area contributed by atoms with E-state index in [0.29, 0.717) is 22.5 Å². The van der Waals surface area contributed by atoms with Gasteiger partial charge < -0.3 is 9.64 Å². The molecular formula is C23H20F2N4O. The van der Waals surface area contributed by atoms with Crippen molar-refractivity contribution in [1.29, 1.82) is 5.26 Å². The van der Waals surface area contributed by atoms with Gasteiger partial charge in [-0.2, -0.15) is 5.26 Å². The Hall–Kier alpha value is -3.37. The van der Waals surface area contributed by atoms with Crippen molar-refractivity contribution in [1.82, 2.24) is 14.9 Å². The number of likely N-dealkylation sites (tertiary alicyclic amines) is 1. The number of ether oxygens (including phenoxy) is 1. The zero-order valence-electron chi connectivity index (χ0n) is 16.5. The zero-order chi connectivity index (χ0) is 21.1. The van der Waals surface area contributed by atoms with Gasteiger partial charge in [0.15, 0.2) is 0 Å². The quantitative estimate of drug-likeness (QED) is 0.641. The average Bonchev–Trinajstić information content (AvgIpc) is 2.75. The summed E-state index contributed by atoms with van der Waals surface area (Å²) in [6, 6.07) is 13.7. The molecule has 7 heteroatoms. The molecule has 0 N–H and O–H groups in total. The SMILES string of the molecule is CN1CCCC(Oc2nc(-c3ccc(F)cc3)c(-c3ccc(F)cc3)nc2C#N)C1. The summed E-state index contributed by atoms with van der Waals surface area (Å²) in [5.41, 5.74) is 2.14. The Bertz CT molecular complexity index is 1080. The van der Waals surface area contributed by atoms with E-state index in [0.717, 1.165) is 25.9 Å². The predicted octanol–water partition coefficient (Wildman–Crippen LogP) is 4.43. The zero-order valence-corrected chi connectivity index (χ0v) is 16.5. The first-order valence-electron chi connectivity index (χ1n) is 9.72. The van der Waals surface area contributed by atoms with E-state index in [4.69, 9.17) is 4.74 Å². The highest BCUT2D eigenvalue weighted by Gasteiger charge is 2.23. The van der Waals surface area contributed by atoms with Crippen molar-refractivity contribution in [2.45, 2.75) is 18.9 Å². The number of benzene rings is 2. The smallest absolute Gasteiger partial charge is 0.252 e. The Balaban J connectivity index is 1.82. The first kappa shape index (κ1) is 19.9. The van der Waals surface area contributed by atoms with Gasteiger partial charge in [0.25, 0.3) is 5.88 Å². The Morgan fingerprint density at radius 1 is 0.967 bits per heavy atom. The van der Waals surface area contributed by atoms with Crippen LogP contribution in [0.15, 0.2) is 48.5 Å². The molecule has 0 radical (unpaired) electrons. The van der Waals surface area contributed by atoms with Crippen LogP contribution >= 0.6 is 0 Å². The molecule has 0 bridgehead atoms. The number of aromatic nitrogens is 2. The molecule has 152 valence electrons. The molecule has 0 amide bonds. The molecule has 1 aliphatic rings. The number of rotatable bonds is 4. The Morgan fingerprint density at radius 2 is 1.53 bits per heavy atom. The normalized spacial score (nSPS) is 16.8. The summed E-state index contributed by atoms with van der Waals surface area (Å²) in [5, 5.41) is 9.66. The van der Waals surface area contributed by atoms with E-state index in [1.165, 1.54) is 24.3 Å². The van der Waals surface area contributed by atoms with E-state index in [2.05, 4.69) is 20.9 Å². The maximum Gasteiger partial charge on any atom is 0.252 e. The Labute approximate surface area is 173 Å². The molecule has 0 spiro atoms. The topological polar surface area (TPSA) is 62.0 Å². The van der Waals surface area contributed by atoms with Gasteiger partial charge in [0.2, 0.25) is 5.69 Å². The molecule has 1 atom stereocenters. The maximum atomic E-state index is 13.5. The standard InChI is InChI=1S/C23H20F2N4O/c1-29-12-2-3-19(14-29)30-23-20(13-26)27-21(15-4-8-17(24)9-5-15)22(28-23)16-6-10-18(25)11-7-16/h4-11,19H,2-3,12,14H2,1H3. The van der Waals surface area contributed by atoms with E-state index in [1.807, 2.05) is 7.05 Å². The number of likely N-dealkylation sites (N-methyl/N-ethyl adjacent to an activating group) is 1. The minimum atomic E-state index is -0.378. The van der Waals surface area contributed by atoms with Crippen molar-refractivity contribution < 1.29 is 13.5 Å². The van der Waals surface area contributed by atoms with Gasteiger partial charge in [-0.15, -0.1) is 0 Å². The summed E-state index contributed by atoms with van der Waals surface area (Å²) in [5.74, 6) is -0.592. The lowest BCUT2D eigenvalue weighted by Crippen LogP contribution is -2.38. The van der Waals surface area contributed by atoms with Gasteiger partial charge in [0, 0.05) is 17.7 Å². The first-order valence-corrected chi connectivity index (χ1v) is 9.72. The highest BCUT2D eigenvalue weighted by Crippen LogP contribution is 2.33. The van der Waals surface area contributed by atoms with Crippen LogP contribution in [0.4, 0.5) is 8.78 Å². The van der Waals surface area contributed by atoms with Crippen molar-refractivity contribution >= 4 is 0 Å². The fraction of sp³-hybridized carbons (Fsp3) is 0.261. The Morgan fingerprint density at radius 3 is 2.07 bits per heavy atom. The molecule has 1 unspecified atom stereocenters. The van der Waals surface area contributed by atoms with Crippen LogP contribution in [-0.4, -0.2) is 41.1 Å². The molecule has 2 aromatic carbocycles. The van der Waals surface area contributed by atoms with Crippen LogP contribution in [-0.2, 0) is 0 Å². The van der Waals surface area contributed by atoms with Crippen molar-refractivity contribution in [3.05, 3.63) is 65.9 Å². The second-order valence-electron chi connectivity index (χ2n) is 7.34. The summed E-state index contributed by atoms with van der Waals surface area (Å²) in [7, 11) is 2.02.